The van der Waals surface area contributed by atoms with Crippen molar-refractivity contribution in [3.05, 3.63) is 53.8 Å². The predicted molar refractivity (Wildman–Crippen MR) is 127 cm³/mol. The van der Waals surface area contributed by atoms with E-state index >= 15 is 0 Å². The molecular weight excluding hydrogens is 404 g/mol. The van der Waals surface area contributed by atoms with Crippen LogP contribution in [0.25, 0.3) is 11.0 Å². The van der Waals surface area contributed by atoms with Gasteiger partial charge in [0.25, 0.3) is 5.91 Å². The summed E-state index contributed by atoms with van der Waals surface area (Å²) in [7, 11) is 3.18. The molecule has 3 unspecified atom stereocenters. The molecule has 0 spiro atoms. The second kappa shape index (κ2) is 9.65. The van der Waals surface area contributed by atoms with Gasteiger partial charge >= 0.3 is 0 Å². The van der Waals surface area contributed by atoms with E-state index in [9.17, 15) is 4.79 Å². The number of amides is 1. The van der Waals surface area contributed by atoms with Crippen molar-refractivity contribution in [3.8, 4) is 11.5 Å². The van der Waals surface area contributed by atoms with Gasteiger partial charge in [-0.3, -0.25) is 4.79 Å². The van der Waals surface area contributed by atoms with Crippen LogP contribution in [-0.4, -0.2) is 26.2 Å². The van der Waals surface area contributed by atoms with Crippen LogP contribution in [0.2, 0.25) is 0 Å². The van der Waals surface area contributed by atoms with Gasteiger partial charge in [0.05, 0.1) is 19.9 Å². The first-order valence-corrected chi connectivity index (χ1v) is 11.3. The van der Waals surface area contributed by atoms with E-state index < -0.39 is 0 Å². The van der Waals surface area contributed by atoms with E-state index in [1.54, 1.807) is 32.4 Å². The number of hydrogen-bond acceptors (Lipinski definition) is 5. The molecule has 2 aromatic carbocycles. The smallest absolute Gasteiger partial charge is 0.291 e. The Kier molecular flexibility index (Phi) is 6.70. The molecule has 0 radical (unpaired) electrons. The molecule has 170 valence electrons. The number of para-hydroxylation sites is 2. The van der Waals surface area contributed by atoms with Gasteiger partial charge in [-0.05, 0) is 48.1 Å². The lowest BCUT2D eigenvalue weighted by molar-refractivity contribution is 0.0998. The Hall–Kier alpha value is -2.99. The van der Waals surface area contributed by atoms with Gasteiger partial charge in [0.2, 0.25) is 0 Å². The Morgan fingerprint density at radius 2 is 1.84 bits per heavy atom. The first-order valence-electron chi connectivity index (χ1n) is 11.3. The van der Waals surface area contributed by atoms with Gasteiger partial charge in [-0.2, -0.15) is 0 Å². The van der Waals surface area contributed by atoms with Gasteiger partial charge < -0.3 is 24.5 Å². The number of furan rings is 1. The number of rotatable bonds is 7. The molecule has 1 heterocycles. The Balaban J connectivity index is 1.58. The number of ether oxygens (including phenoxy) is 2. The lowest BCUT2D eigenvalue weighted by atomic mass is 9.78. The third-order valence-electron chi connectivity index (χ3n) is 6.80. The second-order valence-corrected chi connectivity index (χ2v) is 8.69. The molecular formula is C26H32N2O4. The molecule has 4 rings (SSSR count). The van der Waals surface area contributed by atoms with Crippen LogP contribution >= 0.6 is 0 Å². The monoisotopic (exact) mass is 436 g/mol. The largest absolute Gasteiger partial charge is 0.495 e. The summed E-state index contributed by atoms with van der Waals surface area (Å²) in [6, 6.07) is 13.5. The summed E-state index contributed by atoms with van der Waals surface area (Å²) in [5.41, 5.74) is 2.27. The van der Waals surface area contributed by atoms with Crippen LogP contribution in [0.5, 0.6) is 11.5 Å². The zero-order valence-electron chi connectivity index (χ0n) is 19.2. The number of methoxy groups -OCH3 is 2. The van der Waals surface area contributed by atoms with Crippen molar-refractivity contribution in [2.24, 2.45) is 11.8 Å². The summed E-state index contributed by atoms with van der Waals surface area (Å²) >= 11 is 0. The zero-order chi connectivity index (χ0) is 22.7. The Morgan fingerprint density at radius 3 is 2.62 bits per heavy atom. The molecule has 6 nitrogen and oxygen atoms in total. The molecule has 6 heteroatoms. The van der Waals surface area contributed by atoms with E-state index in [0.717, 1.165) is 23.4 Å². The quantitative estimate of drug-likeness (QED) is 0.503. The topological polar surface area (TPSA) is 72.7 Å². The summed E-state index contributed by atoms with van der Waals surface area (Å²) in [5, 5.41) is 7.50. The van der Waals surface area contributed by atoms with Crippen molar-refractivity contribution in [1.29, 1.82) is 0 Å². The molecule has 1 fully saturated rings. The van der Waals surface area contributed by atoms with Gasteiger partial charge in [0, 0.05) is 18.0 Å². The standard InChI is InChI=1S/C26H32N2O4/c1-16-8-7-10-20(17(16)2)27-15-18-12-13-23(31-4)25-19(18)14-24(32-25)26(29)28-21-9-5-6-11-22(21)30-3/h5-6,9,11-14,16-17,20,27H,7-8,10,15H2,1-4H3,(H,28,29). The number of carbonyl (C=O) groups is 1. The summed E-state index contributed by atoms with van der Waals surface area (Å²) in [6.07, 6.45) is 3.77. The van der Waals surface area contributed by atoms with Gasteiger partial charge in [-0.15, -0.1) is 0 Å². The van der Waals surface area contributed by atoms with Crippen LogP contribution in [0.4, 0.5) is 5.69 Å². The van der Waals surface area contributed by atoms with E-state index in [4.69, 9.17) is 13.9 Å². The molecule has 1 aliphatic rings. The minimum Gasteiger partial charge on any atom is -0.495 e. The Bertz CT molecular complexity index is 1090. The molecule has 2 N–H and O–H groups in total. The molecule has 1 amide bonds. The minimum absolute atomic E-state index is 0.233. The zero-order valence-corrected chi connectivity index (χ0v) is 19.2. The van der Waals surface area contributed by atoms with Crippen molar-refractivity contribution in [1.82, 2.24) is 5.32 Å². The number of fused-ring (bicyclic) bond motifs is 1. The molecule has 32 heavy (non-hydrogen) atoms. The lowest BCUT2D eigenvalue weighted by Gasteiger charge is -2.34. The van der Waals surface area contributed by atoms with Crippen LogP contribution in [-0.2, 0) is 6.54 Å². The van der Waals surface area contributed by atoms with Crippen molar-refractivity contribution in [2.75, 3.05) is 19.5 Å². The number of hydrogen-bond donors (Lipinski definition) is 2. The number of carbonyl (C=O) groups excluding carboxylic acids is 1. The highest BCUT2D eigenvalue weighted by Gasteiger charge is 2.27. The van der Waals surface area contributed by atoms with Gasteiger partial charge in [-0.1, -0.05) is 44.9 Å². The molecule has 0 bridgehead atoms. The highest BCUT2D eigenvalue weighted by Crippen LogP contribution is 2.34. The van der Waals surface area contributed by atoms with Crippen molar-refractivity contribution < 1.29 is 18.7 Å². The molecule has 0 aliphatic heterocycles. The van der Waals surface area contributed by atoms with Gasteiger partial charge in [0.1, 0.15) is 5.75 Å². The summed E-state index contributed by atoms with van der Waals surface area (Å²) < 4.78 is 16.8. The highest BCUT2D eigenvalue weighted by molar-refractivity contribution is 6.06. The van der Waals surface area contributed by atoms with Crippen molar-refractivity contribution in [2.45, 2.75) is 45.7 Å². The van der Waals surface area contributed by atoms with E-state index in [0.29, 0.717) is 34.7 Å². The summed E-state index contributed by atoms with van der Waals surface area (Å²) in [5.74, 6) is 2.48. The van der Waals surface area contributed by atoms with Crippen molar-refractivity contribution >= 4 is 22.6 Å². The van der Waals surface area contributed by atoms with E-state index in [-0.39, 0.29) is 11.7 Å². The molecule has 1 saturated carbocycles. The maximum atomic E-state index is 12.9. The first kappa shape index (κ1) is 22.2. The van der Waals surface area contributed by atoms with Crippen LogP contribution < -0.4 is 20.1 Å². The number of anilines is 1. The number of benzene rings is 2. The van der Waals surface area contributed by atoms with Crippen molar-refractivity contribution in [3.63, 3.8) is 0 Å². The fourth-order valence-electron chi connectivity index (χ4n) is 4.62. The molecule has 3 atom stereocenters. The summed E-state index contributed by atoms with van der Waals surface area (Å²) in [4.78, 5) is 12.9. The Labute approximate surface area is 189 Å². The molecule has 0 saturated heterocycles. The third-order valence-corrected chi connectivity index (χ3v) is 6.80. The fourth-order valence-corrected chi connectivity index (χ4v) is 4.62. The van der Waals surface area contributed by atoms with E-state index in [1.165, 1.54) is 19.3 Å². The fraction of sp³-hybridized carbons (Fsp3) is 0.423. The normalized spacial score (nSPS) is 20.8. The van der Waals surface area contributed by atoms with Gasteiger partial charge in [-0.25, -0.2) is 0 Å². The SMILES string of the molecule is COc1ccccc1NC(=O)c1cc2c(CNC3CCCC(C)C3C)ccc(OC)c2o1. The predicted octanol–water partition coefficient (Wildman–Crippen LogP) is 5.62. The summed E-state index contributed by atoms with van der Waals surface area (Å²) in [6.45, 7) is 5.39. The molecule has 1 aromatic heterocycles. The number of nitrogens with one attached hydrogen (secondary N) is 2. The molecule has 1 aliphatic carbocycles. The second-order valence-electron chi connectivity index (χ2n) is 8.69. The van der Waals surface area contributed by atoms with Crippen LogP contribution in [0.15, 0.2) is 46.9 Å². The average Bonchev–Trinajstić information content (AvgIpc) is 3.26. The lowest BCUT2D eigenvalue weighted by Crippen LogP contribution is -2.40. The third kappa shape index (κ3) is 4.46. The molecule has 3 aromatic rings. The van der Waals surface area contributed by atoms with Crippen LogP contribution in [0.1, 0.15) is 49.2 Å². The van der Waals surface area contributed by atoms with Gasteiger partial charge in [0.15, 0.2) is 17.1 Å². The van der Waals surface area contributed by atoms with E-state index in [2.05, 4.69) is 24.5 Å². The maximum absolute atomic E-state index is 12.9. The van der Waals surface area contributed by atoms with Crippen LogP contribution in [0.3, 0.4) is 0 Å². The first-order chi connectivity index (χ1) is 15.5. The maximum Gasteiger partial charge on any atom is 0.291 e. The average molecular weight is 437 g/mol. The van der Waals surface area contributed by atoms with E-state index in [1.807, 2.05) is 24.3 Å². The highest BCUT2D eigenvalue weighted by atomic mass is 16.5. The van der Waals surface area contributed by atoms with Crippen LogP contribution in [0, 0.1) is 11.8 Å². The minimum atomic E-state index is -0.332. The Morgan fingerprint density at radius 1 is 1.06 bits per heavy atom.